The molecule has 0 saturated heterocycles. The maximum absolute atomic E-state index is 5.43. The highest BCUT2D eigenvalue weighted by Gasteiger charge is 2.09. The summed E-state index contributed by atoms with van der Waals surface area (Å²) in [6.45, 7) is 7.04. The minimum absolute atomic E-state index is 0.560. The molecule has 0 amide bonds. The average Bonchev–Trinajstić information content (AvgIpc) is 2.78. The second-order valence-corrected chi connectivity index (χ2v) is 4.95. The Morgan fingerprint density at radius 2 is 2.31 bits per heavy atom. The molecule has 2 nitrogen and oxygen atoms in total. The predicted molar refractivity (Wildman–Crippen MR) is 71.2 cm³/mol. The van der Waals surface area contributed by atoms with E-state index in [4.69, 9.17) is 4.74 Å². The van der Waals surface area contributed by atoms with Gasteiger partial charge in [-0.25, -0.2) is 0 Å². The van der Waals surface area contributed by atoms with Crippen LogP contribution in [0.2, 0.25) is 0 Å². The molecule has 0 radical (unpaired) electrons. The molecule has 3 heteroatoms. The van der Waals surface area contributed by atoms with Crippen molar-refractivity contribution < 1.29 is 4.74 Å². The molecule has 1 rings (SSSR count). The molecule has 1 heterocycles. The second kappa shape index (κ2) is 8.74. The van der Waals surface area contributed by atoms with Crippen molar-refractivity contribution in [2.45, 2.75) is 39.2 Å². The standard InChI is InChI=1S/C13H23NOS/c1-3-8-14-12(7-9-15-4-2)11-13-6-5-10-16-13/h5-6,10,12,14H,3-4,7-9,11H2,1-2H3. The zero-order valence-electron chi connectivity index (χ0n) is 10.4. The highest BCUT2D eigenvalue weighted by atomic mass is 32.1. The summed E-state index contributed by atoms with van der Waals surface area (Å²) in [6.07, 6.45) is 3.42. The van der Waals surface area contributed by atoms with Crippen LogP contribution in [0, 0.1) is 0 Å². The van der Waals surface area contributed by atoms with Crippen LogP contribution in [0.1, 0.15) is 31.6 Å². The van der Waals surface area contributed by atoms with Gasteiger partial charge in [-0.05, 0) is 44.2 Å². The molecule has 92 valence electrons. The van der Waals surface area contributed by atoms with E-state index in [1.807, 2.05) is 18.3 Å². The van der Waals surface area contributed by atoms with Crippen LogP contribution >= 0.6 is 11.3 Å². The van der Waals surface area contributed by atoms with Crippen molar-refractivity contribution in [2.24, 2.45) is 0 Å². The van der Waals surface area contributed by atoms with E-state index in [1.54, 1.807) is 0 Å². The van der Waals surface area contributed by atoms with Gasteiger partial charge in [0, 0.05) is 24.1 Å². The zero-order valence-corrected chi connectivity index (χ0v) is 11.2. The zero-order chi connectivity index (χ0) is 11.6. The Kier molecular flexibility index (Phi) is 7.47. The lowest BCUT2D eigenvalue weighted by Gasteiger charge is -2.17. The summed E-state index contributed by atoms with van der Waals surface area (Å²) < 4.78 is 5.43. The van der Waals surface area contributed by atoms with Gasteiger partial charge in [-0.2, -0.15) is 0 Å². The van der Waals surface area contributed by atoms with Crippen molar-refractivity contribution >= 4 is 11.3 Å². The average molecular weight is 241 g/mol. The summed E-state index contributed by atoms with van der Waals surface area (Å²) in [7, 11) is 0. The maximum atomic E-state index is 5.43. The largest absolute Gasteiger partial charge is 0.382 e. The molecule has 1 aromatic heterocycles. The molecule has 16 heavy (non-hydrogen) atoms. The molecule has 1 unspecified atom stereocenters. The Bertz CT molecular complexity index is 248. The number of hydrogen-bond acceptors (Lipinski definition) is 3. The van der Waals surface area contributed by atoms with Crippen molar-refractivity contribution in [3.63, 3.8) is 0 Å². The van der Waals surface area contributed by atoms with E-state index in [9.17, 15) is 0 Å². The van der Waals surface area contributed by atoms with E-state index in [-0.39, 0.29) is 0 Å². The summed E-state index contributed by atoms with van der Waals surface area (Å²) in [6, 6.07) is 4.90. The Morgan fingerprint density at radius 1 is 1.44 bits per heavy atom. The van der Waals surface area contributed by atoms with Crippen LogP contribution in [-0.4, -0.2) is 25.8 Å². The Hall–Kier alpha value is -0.380. The minimum atomic E-state index is 0.560. The van der Waals surface area contributed by atoms with Gasteiger partial charge in [0.25, 0.3) is 0 Å². The summed E-state index contributed by atoms with van der Waals surface area (Å²) in [5.41, 5.74) is 0. The predicted octanol–water partition coefficient (Wildman–Crippen LogP) is 3.09. The van der Waals surface area contributed by atoms with Gasteiger partial charge in [0.2, 0.25) is 0 Å². The Labute approximate surface area is 103 Å². The van der Waals surface area contributed by atoms with Gasteiger partial charge in [0.05, 0.1) is 0 Å². The lowest BCUT2D eigenvalue weighted by Crippen LogP contribution is -2.32. The van der Waals surface area contributed by atoms with Gasteiger partial charge in [0.15, 0.2) is 0 Å². The third-order valence-electron chi connectivity index (χ3n) is 2.53. The number of hydrogen-bond donors (Lipinski definition) is 1. The van der Waals surface area contributed by atoms with Crippen LogP contribution in [0.4, 0.5) is 0 Å². The van der Waals surface area contributed by atoms with E-state index in [1.165, 1.54) is 11.3 Å². The van der Waals surface area contributed by atoms with Crippen LogP contribution in [0.15, 0.2) is 17.5 Å². The normalized spacial score (nSPS) is 12.9. The molecule has 1 atom stereocenters. The Morgan fingerprint density at radius 3 is 2.94 bits per heavy atom. The van der Waals surface area contributed by atoms with Gasteiger partial charge in [-0.1, -0.05) is 13.0 Å². The maximum Gasteiger partial charge on any atom is 0.0480 e. The number of thiophene rings is 1. The van der Waals surface area contributed by atoms with Gasteiger partial charge >= 0.3 is 0 Å². The fourth-order valence-corrected chi connectivity index (χ4v) is 2.45. The second-order valence-electron chi connectivity index (χ2n) is 3.92. The van der Waals surface area contributed by atoms with Crippen molar-refractivity contribution in [3.8, 4) is 0 Å². The van der Waals surface area contributed by atoms with Gasteiger partial charge in [0.1, 0.15) is 0 Å². The fraction of sp³-hybridized carbons (Fsp3) is 0.692. The molecule has 1 N–H and O–H groups in total. The van der Waals surface area contributed by atoms with Crippen molar-refractivity contribution in [2.75, 3.05) is 19.8 Å². The van der Waals surface area contributed by atoms with Crippen LogP contribution in [0.3, 0.4) is 0 Å². The minimum Gasteiger partial charge on any atom is -0.382 e. The van der Waals surface area contributed by atoms with Crippen molar-refractivity contribution in [1.29, 1.82) is 0 Å². The highest BCUT2D eigenvalue weighted by Crippen LogP contribution is 2.12. The number of rotatable bonds is 9. The molecular formula is C13H23NOS. The Balaban J connectivity index is 2.31. The summed E-state index contributed by atoms with van der Waals surface area (Å²) in [5.74, 6) is 0. The van der Waals surface area contributed by atoms with Crippen molar-refractivity contribution in [3.05, 3.63) is 22.4 Å². The molecule has 0 aromatic carbocycles. The van der Waals surface area contributed by atoms with Crippen LogP contribution in [-0.2, 0) is 11.2 Å². The molecule has 0 saturated carbocycles. The van der Waals surface area contributed by atoms with Crippen LogP contribution < -0.4 is 5.32 Å². The van der Waals surface area contributed by atoms with Gasteiger partial charge < -0.3 is 10.1 Å². The van der Waals surface area contributed by atoms with E-state index in [0.717, 1.165) is 32.6 Å². The summed E-state index contributed by atoms with van der Waals surface area (Å²) in [4.78, 5) is 1.46. The van der Waals surface area contributed by atoms with E-state index >= 15 is 0 Å². The smallest absolute Gasteiger partial charge is 0.0480 e. The third-order valence-corrected chi connectivity index (χ3v) is 3.42. The quantitative estimate of drug-likeness (QED) is 0.671. The lowest BCUT2D eigenvalue weighted by molar-refractivity contribution is 0.136. The highest BCUT2D eigenvalue weighted by molar-refractivity contribution is 7.09. The number of ether oxygens (including phenoxy) is 1. The first-order valence-electron chi connectivity index (χ1n) is 6.20. The van der Waals surface area contributed by atoms with Gasteiger partial charge in [-0.15, -0.1) is 11.3 Å². The van der Waals surface area contributed by atoms with Crippen LogP contribution in [0.5, 0.6) is 0 Å². The van der Waals surface area contributed by atoms with Crippen molar-refractivity contribution in [1.82, 2.24) is 5.32 Å². The third kappa shape index (κ3) is 5.64. The fourth-order valence-electron chi connectivity index (χ4n) is 1.67. The lowest BCUT2D eigenvalue weighted by atomic mass is 10.1. The molecule has 0 spiro atoms. The molecule has 0 aliphatic heterocycles. The summed E-state index contributed by atoms with van der Waals surface area (Å²) >= 11 is 1.84. The van der Waals surface area contributed by atoms with E-state index < -0.39 is 0 Å². The molecule has 0 aliphatic carbocycles. The van der Waals surface area contributed by atoms with Gasteiger partial charge in [-0.3, -0.25) is 0 Å². The first-order valence-corrected chi connectivity index (χ1v) is 7.08. The SMILES string of the molecule is CCCNC(CCOCC)Cc1cccs1. The summed E-state index contributed by atoms with van der Waals surface area (Å²) in [5, 5.41) is 5.74. The number of nitrogens with one attached hydrogen (secondary N) is 1. The molecule has 0 bridgehead atoms. The molecule has 1 aromatic rings. The monoisotopic (exact) mass is 241 g/mol. The molecule has 0 aliphatic rings. The molecule has 0 fully saturated rings. The van der Waals surface area contributed by atoms with E-state index in [0.29, 0.717) is 6.04 Å². The first kappa shape index (κ1) is 13.7. The first-order chi connectivity index (χ1) is 7.86. The van der Waals surface area contributed by atoms with E-state index in [2.05, 4.69) is 29.8 Å². The molecular weight excluding hydrogens is 218 g/mol. The topological polar surface area (TPSA) is 21.3 Å². The van der Waals surface area contributed by atoms with Crippen LogP contribution in [0.25, 0.3) is 0 Å².